The largest absolute Gasteiger partial charge is 0.462 e. The molecule has 0 aromatic carbocycles. The number of nitrogens with zero attached hydrogens (tertiary/aromatic N) is 2. The number of carbonyl (C=O) groups is 1. The molecule has 5 nitrogen and oxygen atoms in total. The lowest BCUT2D eigenvalue weighted by Gasteiger charge is -2.12. The summed E-state index contributed by atoms with van der Waals surface area (Å²) >= 11 is 2.73. The number of alkyl halides is 3. The predicted molar refractivity (Wildman–Crippen MR) is 73.9 cm³/mol. The van der Waals surface area contributed by atoms with Gasteiger partial charge in [-0.15, -0.1) is 0 Å². The van der Waals surface area contributed by atoms with Crippen LogP contribution in [0.5, 0.6) is 0 Å². The van der Waals surface area contributed by atoms with Gasteiger partial charge in [0, 0.05) is 6.20 Å². The summed E-state index contributed by atoms with van der Waals surface area (Å²) in [7, 11) is 0. The van der Waals surface area contributed by atoms with Crippen molar-refractivity contribution in [3.05, 3.63) is 34.3 Å². The van der Waals surface area contributed by atoms with Crippen LogP contribution in [-0.4, -0.2) is 29.4 Å². The molecule has 2 N–H and O–H groups in total. The Morgan fingerprint density at radius 2 is 2.14 bits per heavy atom. The Hall–Kier alpha value is -1.97. The van der Waals surface area contributed by atoms with Gasteiger partial charge >= 0.3 is 12.1 Å². The molecule has 0 saturated heterocycles. The number of esters is 1. The van der Waals surface area contributed by atoms with Gasteiger partial charge in [0.1, 0.15) is 10.2 Å². The first-order chi connectivity index (χ1) is 10.2. The molecular weight excluding hydrogens is 374 g/mol. The van der Waals surface area contributed by atoms with E-state index in [0.29, 0.717) is 6.20 Å². The number of carbonyl (C=O) groups excluding carboxylic acids is 1. The minimum atomic E-state index is -4.99. The molecule has 0 aliphatic rings. The molecule has 1 aromatic rings. The fourth-order valence-electron chi connectivity index (χ4n) is 1.31. The second kappa shape index (κ2) is 7.34. The van der Waals surface area contributed by atoms with Gasteiger partial charge in [-0.2, -0.15) is 13.2 Å². The van der Waals surface area contributed by atoms with Crippen LogP contribution in [0.4, 0.5) is 23.4 Å². The van der Waals surface area contributed by atoms with Crippen molar-refractivity contribution >= 4 is 33.4 Å². The van der Waals surface area contributed by atoms with Gasteiger partial charge in [0.25, 0.3) is 0 Å². The van der Waals surface area contributed by atoms with Crippen molar-refractivity contribution in [2.45, 2.75) is 13.1 Å². The monoisotopic (exact) mass is 383 g/mol. The fraction of sp³-hybridized carbons (Fsp3) is 0.250. The quantitative estimate of drug-likeness (QED) is 0.285. The Bertz CT molecular complexity index is 629. The molecule has 0 unspecified atom stereocenters. The Balaban J connectivity index is 3.37. The summed E-state index contributed by atoms with van der Waals surface area (Å²) in [6, 6.07) is 1.80. The highest BCUT2D eigenvalue weighted by atomic mass is 79.9. The number of aliphatic imine (C=N–C) groups is 1. The Labute approximate surface area is 131 Å². The fourth-order valence-corrected chi connectivity index (χ4v) is 1.63. The smallest absolute Gasteiger partial charge is 0.434 e. The number of hydrogen-bond donors (Lipinski definition) is 1. The molecule has 0 atom stereocenters. The topological polar surface area (TPSA) is 77.6 Å². The van der Waals surface area contributed by atoms with Crippen molar-refractivity contribution in [3.8, 4) is 0 Å². The maximum atomic E-state index is 13.1. The minimum absolute atomic E-state index is 0.137. The SMILES string of the molecule is CCOC(=O)C(=CN)C(=Nc1ccc(F)c(Br)n1)C(F)(F)F. The van der Waals surface area contributed by atoms with Gasteiger partial charge in [0.05, 0.1) is 6.61 Å². The molecule has 0 amide bonds. The van der Waals surface area contributed by atoms with E-state index in [1.54, 1.807) is 0 Å². The van der Waals surface area contributed by atoms with Gasteiger partial charge < -0.3 is 10.5 Å². The van der Waals surface area contributed by atoms with Crippen LogP contribution in [0.2, 0.25) is 0 Å². The molecule has 0 radical (unpaired) electrons. The standard InChI is InChI=1S/C12H10BrF4N3O2/c1-2-22-11(21)6(5-18)9(12(15,16)17)19-8-4-3-7(14)10(13)20-8/h3-5H,2,18H2,1H3. The summed E-state index contributed by atoms with van der Waals surface area (Å²) < 4.78 is 56.4. The molecule has 0 saturated carbocycles. The first-order valence-corrected chi connectivity index (χ1v) is 6.57. The third-order valence-corrected chi connectivity index (χ3v) is 2.76. The minimum Gasteiger partial charge on any atom is -0.462 e. The lowest BCUT2D eigenvalue weighted by atomic mass is 10.1. The van der Waals surface area contributed by atoms with Crippen molar-refractivity contribution in [3.63, 3.8) is 0 Å². The van der Waals surface area contributed by atoms with Gasteiger partial charge in [0.15, 0.2) is 17.3 Å². The van der Waals surface area contributed by atoms with Crippen LogP contribution in [0.1, 0.15) is 6.92 Å². The Morgan fingerprint density at radius 1 is 1.50 bits per heavy atom. The molecule has 1 aromatic heterocycles. The van der Waals surface area contributed by atoms with E-state index in [1.165, 1.54) is 6.92 Å². The van der Waals surface area contributed by atoms with Gasteiger partial charge in [-0.1, -0.05) is 0 Å². The molecule has 0 fully saturated rings. The van der Waals surface area contributed by atoms with E-state index in [9.17, 15) is 22.4 Å². The third-order valence-electron chi connectivity index (χ3n) is 2.20. The highest BCUT2D eigenvalue weighted by molar-refractivity contribution is 9.10. The van der Waals surface area contributed by atoms with Gasteiger partial charge in [-0.3, -0.25) is 0 Å². The molecule has 0 aliphatic heterocycles. The summed E-state index contributed by atoms with van der Waals surface area (Å²) in [6.07, 6.45) is -4.54. The van der Waals surface area contributed by atoms with Crippen LogP contribution in [0.3, 0.4) is 0 Å². The van der Waals surface area contributed by atoms with Crippen LogP contribution >= 0.6 is 15.9 Å². The summed E-state index contributed by atoms with van der Waals surface area (Å²) in [5, 5.41) is 0. The van der Waals surface area contributed by atoms with Crippen LogP contribution < -0.4 is 5.73 Å². The number of aromatic nitrogens is 1. The van der Waals surface area contributed by atoms with Crippen molar-refractivity contribution in [1.29, 1.82) is 0 Å². The lowest BCUT2D eigenvalue weighted by molar-refractivity contribution is -0.138. The first kappa shape index (κ1) is 18.1. The second-order valence-corrected chi connectivity index (χ2v) is 4.45. The lowest BCUT2D eigenvalue weighted by Crippen LogP contribution is -2.30. The van der Waals surface area contributed by atoms with E-state index < -0.39 is 35.1 Å². The molecule has 120 valence electrons. The molecule has 0 aliphatic carbocycles. The van der Waals surface area contributed by atoms with Gasteiger partial charge in [-0.05, 0) is 35.0 Å². The van der Waals surface area contributed by atoms with Crippen LogP contribution in [0, 0.1) is 5.82 Å². The number of rotatable bonds is 4. The number of ether oxygens (including phenoxy) is 1. The van der Waals surface area contributed by atoms with Crippen molar-refractivity contribution in [2.24, 2.45) is 10.7 Å². The van der Waals surface area contributed by atoms with Crippen molar-refractivity contribution in [1.82, 2.24) is 4.98 Å². The van der Waals surface area contributed by atoms with E-state index in [2.05, 4.69) is 30.6 Å². The average molecular weight is 384 g/mol. The number of halogens is 5. The number of pyridine rings is 1. The Morgan fingerprint density at radius 3 is 2.59 bits per heavy atom. The molecule has 1 heterocycles. The van der Waals surface area contributed by atoms with E-state index in [-0.39, 0.29) is 11.2 Å². The zero-order valence-electron chi connectivity index (χ0n) is 11.1. The second-order valence-electron chi connectivity index (χ2n) is 3.70. The number of hydrogen-bond acceptors (Lipinski definition) is 5. The molecule has 0 bridgehead atoms. The summed E-state index contributed by atoms with van der Waals surface area (Å²) in [4.78, 5) is 18.3. The van der Waals surface area contributed by atoms with Gasteiger partial charge in [0.2, 0.25) is 0 Å². The maximum Gasteiger partial charge on any atom is 0.434 e. The zero-order valence-corrected chi connectivity index (χ0v) is 12.7. The van der Waals surface area contributed by atoms with Gasteiger partial charge in [-0.25, -0.2) is 19.2 Å². The van der Waals surface area contributed by atoms with E-state index in [1.807, 2.05) is 0 Å². The Kier molecular flexibility index (Phi) is 6.03. The third kappa shape index (κ3) is 4.52. The maximum absolute atomic E-state index is 13.1. The van der Waals surface area contributed by atoms with E-state index in [4.69, 9.17) is 5.73 Å². The highest BCUT2D eigenvalue weighted by Crippen LogP contribution is 2.26. The molecule has 22 heavy (non-hydrogen) atoms. The van der Waals surface area contributed by atoms with E-state index in [0.717, 1.165) is 12.1 Å². The summed E-state index contributed by atoms with van der Waals surface area (Å²) in [5.41, 5.74) is 2.53. The first-order valence-electron chi connectivity index (χ1n) is 5.78. The van der Waals surface area contributed by atoms with Crippen LogP contribution in [-0.2, 0) is 9.53 Å². The zero-order chi connectivity index (χ0) is 16.9. The van der Waals surface area contributed by atoms with E-state index >= 15 is 0 Å². The summed E-state index contributed by atoms with van der Waals surface area (Å²) in [6.45, 7) is 1.29. The molecule has 10 heteroatoms. The number of nitrogens with two attached hydrogens (primary N) is 1. The molecular formula is C12H10BrF4N3O2. The summed E-state index contributed by atoms with van der Waals surface area (Å²) in [5.74, 6) is -2.50. The molecule has 1 rings (SSSR count). The van der Waals surface area contributed by atoms with Crippen molar-refractivity contribution in [2.75, 3.05) is 6.61 Å². The van der Waals surface area contributed by atoms with Crippen LogP contribution in [0.25, 0.3) is 0 Å². The van der Waals surface area contributed by atoms with Crippen molar-refractivity contribution < 1.29 is 27.1 Å². The molecule has 0 spiro atoms. The predicted octanol–water partition coefficient (Wildman–Crippen LogP) is 3.02. The van der Waals surface area contributed by atoms with Crippen LogP contribution in [0.15, 0.2) is 33.5 Å². The normalized spacial score (nSPS) is 13.2. The highest BCUT2D eigenvalue weighted by Gasteiger charge is 2.41. The average Bonchev–Trinajstić information content (AvgIpc) is 2.41.